The first-order chi connectivity index (χ1) is 29.7. The maximum absolute atomic E-state index is 6.62. The summed E-state index contributed by atoms with van der Waals surface area (Å²) in [5.74, 6) is 1.94. The van der Waals surface area contributed by atoms with Gasteiger partial charge in [0.2, 0.25) is 0 Å². The van der Waals surface area contributed by atoms with Gasteiger partial charge in [0.15, 0.2) is 17.5 Å². The maximum Gasteiger partial charge on any atom is 0.165 e. The fraction of sp³-hybridized carbons (Fsp3) is 0.0536. The summed E-state index contributed by atoms with van der Waals surface area (Å²) in [6.07, 6.45) is 1.85. The van der Waals surface area contributed by atoms with E-state index >= 15 is 0 Å². The molecule has 1 aliphatic carbocycles. The Labute approximate surface area is 347 Å². The summed E-state index contributed by atoms with van der Waals surface area (Å²) in [5.41, 5.74) is 13.3. The lowest BCUT2D eigenvalue weighted by Gasteiger charge is -2.22. The average Bonchev–Trinajstić information content (AvgIpc) is 3.62. The minimum absolute atomic E-state index is 0.0520. The first-order valence-electron chi connectivity index (χ1n) is 20.7. The van der Waals surface area contributed by atoms with Gasteiger partial charge in [-0.2, -0.15) is 0 Å². The summed E-state index contributed by atoms with van der Waals surface area (Å²) in [5, 5.41) is 6.83. The minimum atomic E-state index is 0.0520. The van der Waals surface area contributed by atoms with Gasteiger partial charge in [0.05, 0.1) is 0 Å². The topological polar surface area (TPSA) is 51.8 Å². The number of aromatic nitrogens is 3. The third-order valence-electron chi connectivity index (χ3n) is 12.4. The van der Waals surface area contributed by atoms with Gasteiger partial charge >= 0.3 is 0 Å². The highest BCUT2D eigenvalue weighted by Crippen LogP contribution is 2.48. The van der Waals surface area contributed by atoms with E-state index in [1.165, 1.54) is 44.2 Å². The molecule has 0 fully saturated rings. The van der Waals surface area contributed by atoms with Gasteiger partial charge in [-0.25, -0.2) is 15.0 Å². The summed E-state index contributed by atoms with van der Waals surface area (Å²) in [6, 6.07) is 69.1. The minimum Gasteiger partial charge on any atom is -0.456 e. The van der Waals surface area contributed by atoms with Gasteiger partial charge in [0.25, 0.3) is 0 Å². The number of rotatable bonds is 5. The van der Waals surface area contributed by atoms with Gasteiger partial charge in [-0.15, -0.1) is 0 Å². The Morgan fingerprint density at radius 1 is 0.400 bits per heavy atom. The molecule has 282 valence electrons. The van der Waals surface area contributed by atoms with Crippen molar-refractivity contribution in [3.8, 4) is 56.4 Å². The fourth-order valence-electron chi connectivity index (χ4n) is 9.53. The van der Waals surface area contributed by atoms with Gasteiger partial charge in [-0.3, -0.25) is 0 Å². The molecule has 4 heteroatoms. The predicted octanol–water partition coefficient (Wildman–Crippen LogP) is 14.5. The van der Waals surface area contributed by atoms with Crippen LogP contribution in [0.2, 0.25) is 0 Å². The normalized spacial score (nSPS) is 13.7. The lowest BCUT2D eigenvalue weighted by Crippen LogP contribution is -2.07. The molecular weight excluding hydrogens is 731 g/mol. The SMILES string of the molecule is c1ccc(-c2ccc(-c3nc(-c4cccc5ccccc45)nc(-c4c(C5CCc6cc7ccccc7cc6-c6ccccc65)ccc5oc6ccccc6c45)n3)cc2)cc1. The Bertz CT molecular complexity index is 3430. The van der Waals surface area contributed by atoms with Gasteiger partial charge in [0.1, 0.15) is 11.2 Å². The summed E-state index contributed by atoms with van der Waals surface area (Å²) in [4.78, 5) is 16.2. The number of furan rings is 1. The van der Waals surface area contributed by atoms with Crippen LogP contribution in [0.4, 0.5) is 0 Å². The van der Waals surface area contributed by atoms with Crippen LogP contribution < -0.4 is 0 Å². The fourth-order valence-corrected chi connectivity index (χ4v) is 9.53. The van der Waals surface area contributed by atoms with E-state index in [1.807, 2.05) is 12.1 Å². The second-order valence-electron chi connectivity index (χ2n) is 15.8. The Balaban J connectivity index is 1.13. The van der Waals surface area contributed by atoms with Crippen molar-refractivity contribution in [1.82, 2.24) is 15.0 Å². The molecule has 0 N–H and O–H groups in total. The molecule has 0 radical (unpaired) electrons. The monoisotopic (exact) mass is 767 g/mol. The number of hydrogen-bond acceptors (Lipinski definition) is 4. The third kappa shape index (κ3) is 5.71. The highest BCUT2D eigenvalue weighted by Gasteiger charge is 2.30. The van der Waals surface area contributed by atoms with Crippen LogP contribution in [0.25, 0.3) is 99.9 Å². The molecule has 0 aliphatic heterocycles. The van der Waals surface area contributed by atoms with E-state index in [0.29, 0.717) is 17.5 Å². The zero-order valence-electron chi connectivity index (χ0n) is 32.7. The first-order valence-corrected chi connectivity index (χ1v) is 20.7. The molecule has 60 heavy (non-hydrogen) atoms. The summed E-state index contributed by atoms with van der Waals surface area (Å²) < 4.78 is 6.62. The molecular formula is C56H37N3O. The van der Waals surface area contributed by atoms with Crippen molar-refractivity contribution in [2.75, 3.05) is 0 Å². The van der Waals surface area contributed by atoms with Gasteiger partial charge in [-0.05, 0) is 91.5 Å². The molecule has 0 spiro atoms. The molecule has 4 nitrogen and oxygen atoms in total. The van der Waals surface area contributed by atoms with E-state index in [2.05, 4.69) is 182 Å². The van der Waals surface area contributed by atoms with Crippen LogP contribution in [0, 0.1) is 0 Å². The number of para-hydroxylation sites is 1. The van der Waals surface area contributed by atoms with Crippen LogP contribution in [-0.2, 0) is 6.42 Å². The van der Waals surface area contributed by atoms with Crippen molar-refractivity contribution in [1.29, 1.82) is 0 Å². The molecule has 2 heterocycles. The van der Waals surface area contributed by atoms with E-state index in [4.69, 9.17) is 19.4 Å². The Hall–Kier alpha value is -7.69. The largest absolute Gasteiger partial charge is 0.456 e. The highest BCUT2D eigenvalue weighted by atomic mass is 16.3. The van der Waals surface area contributed by atoms with Crippen molar-refractivity contribution in [2.45, 2.75) is 18.8 Å². The van der Waals surface area contributed by atoms with Crippen LogP contribution in [0.3, 0.4) is 0 Å². The van der Waals surface area contributed by atoms with Crippen molar-refractivity contribution < 1.29 is 4.42 Å². The molecule has 0 bridgehead atoms. The molecule has 12 rings (SSSR count). The standard InChI is InChI=1S/C56H37N3O/c1-2-13-35(14-3-1)36-25-27-38(28-26-36)54-57-55(47-23-12-18-37-15-6-7-19-42(37)47)59-56(58-54)53-46(31-32-51-52(53)48-22-10-11-24-50(48)60-51)45-30-29-41-33-39-16-4-5-17-40(39)34-49(41)44-21-9-8-20-43(44)45/h1-28,31-34,45H,29-30H2. The molecule has 0 saturated heterocycles. The van der Waals surface area contributed by atoms with Crippen LogP contribution >= 0.6 is 0 Å². The van der Waals surface area contributed by atoms with Crippen molar-refractivity contribution >= 4 is 43.5 Å². The van der Waals surface area contributed by atoms with Crippen molar-refractivity contribution in [3.63, 3.8) is 0 Å². The molecule has 11 aromatic rings. The van der Waals surface area contributed by atoms with Gasteiger partial charge in [-0.1, -0.05) is 176 Å². The highest BCUT2D eigenvalue weighted by molar-refractivity contribution is 6.13. The Morgan fingerprint density at radius 2 is 1.03 bits per heavy atom. The summed E-state index contributed by atoms with van der Waals surface area (Å²) >= 11 is 0. The maximum atomic E-state index is 6.62. The van der Waals surface area contributed by atoms with Crippen molar-refractivity contribution in [2.24, 2.45) is 0 Å². The molecule has 1 unspecified atom stereocenters. The van der Waals surface area contributed by atoms with Gasteiger partial charge in [0, 0.05) is 33.4 Å². The number of fused-ring (bicyclic) bond motifs is 8. The Morgan fingerprint density at radius 3 is 1.90 bits per heavy atom. The first kappa shape index (κ1) is 34.4. The number of nitrogens with zero attached hydrogens (tertiary/aromatic N) is 3. The quantitative estimate of drug-likeness (QED) is 0.175. The summed E-state index contributed by atoms with van der Waals surface area (Å²) in [7, 11) is 0. The third-order valence-corrected chi connectivity index (χ3v) is 12.4. The van der Waals surface area contributed by atoms with E-state index in [-0.39, 0.29) is 5.92 Å². The van der Waals surface area contributed by atoms with E-state index in [0.717, 1.165) is 67.8 Å². The number of benzene rings is 9. The molecule has 1 aliphatic rings. The molecule has 9 aromatic carbocycles. The number of hydrogen-bond donors (Lipinski definition) is 0. The molecule has 0 amide bonds. The lowest BCUT2D eigenvalue weighted by atomic mass is 9.82. The van der Waals surface area contributed by atoms with Crippen LogP contribution in [0.5, 0.6) is 0 Å². The second kappa shape index (κ2) is 14.0. The molecule has 0 saturated carbocycles. The number of aryl methyl sites for hydroxylation is 1. The second-order valence-corrected chi connectivity index (χ2v) is 15.8. The Kier molecular flexibility index (Phi) is 8.02. The summed E-state index contributed by atoms with van der Waals surface area (Å²) in [6.45, 7) is 0. The van der Waals surface area contributed by atoms with E-state index in [9.17, 15) is 0 Å². The average molecular weight is 768 g/mol. The van der Waals surface area contributed by atoms with Crippen LogP contribution in [0.1, 0.15) is 29.0 Å². The zero-order chi connectivity index (χ0) is 39.6. The predicted molar refractivity (Wildman–Crippen MR) is 246 cm³/mol. The van der Waals surface area contributed by atoms with Gasteiger partial charge < -0.3 is 4.42 Å². The molecule has 2 aromatic heterocycles. The van der Waals surface area contributed by atoms with Crippen LogP contribution in [0.15, 0.2) is 199 Å². The van der Waals surface area contributed by atoms with E-state index < -0.39 is 0 Å². The zero-order valence-corrected chi connectivity index (χ0v) is 32.7. The van der Waals surface area contributed by atoms with E-state index in [1.54, 1.807) is 0 Å². The lowest BCUT2D eigenvalue weighted by molar-refractivity contribution is 0.668. The van der Waals surface area contributed by atoms with Crippen molar-refractivity contribution in [3.05, 3.63) is 211 Å². The van der Waals surface area contributed by atoms with Crippen LogP contribution in [-0.4, -0.2) is 15.0 Å². The molecule has 1 atom stereocenters. The smallest absolute Gasteiger partial charge is 0.165 e.